The van der Waals surface area contributed by atoms with Gasteiger partial charge >= 0.3 is 0 Å². The quantitative estimate of drug-likeness (QED) is 0.341. The van der Waals surface area contributed by atoms with E-state index in [0.717, 1.165) is 28.2 Å². The third kappa shape index (κ3) is 6.06. The number of aromatic nitrogens is 3. The maximum absolute atomic E-state index is 11.4. The summed E-state index contributed by atoms with van der Waals surface area (Å²) in [4.78, 5) is 20.4. The summed E-state index contributed by atoms with van der Waals surface area (Å²) in [5, 5.41) is 4.77. The van der Waals surface area contributed by atoms with Crippen LogP contribution in [0.3, 0.4) is 0 Å². The van der Waals surface area contributed by atoms with Gasteiger partial charge in [0.25, 0.3) is 0 Å². The number of primary amides is 1. The zero-order valence-corrected chi connectivity index (χ0v) is 20.2. The second kappa shape index (κ2) is 9.80. The number of rotatable bonds is 10. The smallest absolute Gasteiger partial charge is 0.222 e. The lowest BCUT2D eigenvalue weighted by Gasteiger charge is -2.15. The molecular weight excluding hydrogens is 430 g/mol. The van der Waals surface area contributed by atoms with Gasteiger partial charge in [0, 0.05) is 38.0 Å². The van der Waals surface area contributed by atoms with E-state index in [1.165, 1.54) is 6.33 Å². The molecule has 3 aromatic rings. The van der Waals surface area contributed by atoms with Gasteiger partial charge in [-0.3, -0.25) is 4.79 Å². The molecule has 0 saturated carbocycles. The monoisotopic (exact) mass is 459 g/mol. The fourth-order valence-corrected chi connectivity index (χ4v) is 4.07. The van der Waals surface area contributed by atoms with E-state index < -0.39 is 8.07 Å². The standard InChI is InChI=1S/C22H30ClN5O2Si/c1-15(20(24)29)11-25-21-19-18(16-6-5-7-17(23)10-16)12-28(22(19)27-13-26-21)14-30-8-9-31(2,3)4/h5-7,10,12-13,15H,8-9,11,14H2,1-4H3,(H2,24,29)(H,25,26,27). The van der Waals surface area contributed by atoms with Crippen molar-refractivity contribution < 1.29 is 9.53 Å². The number of nitrogens with two attached hydrogens (primary N) is 1. The minimum Gasteiger partial charge on any atom is -0.369 e. The zero-order valence-electron chi connectivity index (χ0n) is 18.5. The van der Waals surface area contributed by atoms with Crippen LogP contribution in [0.4, 0.5) is 5.82 Å². The normalized spacial score (nSPS) is 12.8. The van der Waals surface area contributed by atoms with Gasteiger partial charge in [0.05, 0.1) is 11.3 Å². The number of carbonyl (C=O) groups is 1. The average molecular weight is 460 g/mol. The van der Waals surface area contributed by atoms with Crippen molar-refractivity contribution in [2.75, 3.05) is 18.5 Å². The summed E-state index contributed by atoms with van der Waals surface area (Å²) in [5.74, 6) is -0.0400. The van der Waals surface area contributed by atoms with Crippen molar-refractivity contribution in [1.82, 2.24) is 14.5 Å². The minimum atomic E-state index is -1.16. The molecule has 2 heterocycles. The van der Waals surface area contributed by atoms with Crippen molar-refractivity contribution in [2.45, 2.75) is 39.3 Å². The Morgan fingerprint density at radius 3 is 2.77 bits per heavy atom. The van der Waals surface area contributed by atoms with E-state index in [9.17, 15) is 4.79 Å². The summed E-state index contributed by atoms with van der Waals surface area (Å²) in [7, 11) is -1.16. The zero-order chi connectivity index (χ0) is 22.6. The first-order chi connectivity index (χ1) is 14.7. The molecule has 7 nitrogen and oxygen atoms in total. The van der Waals surface area contributed by atoms with E-state index in [2.05, 4.69) is 34.9 Å². The molecule has 0 aliphatic carbocycles. The minimum absolute atomic E-state index is 0.327. The van der Waals surface area contributed by atoms with Crippen LogP contribution in [-0.4, -0.2) is 41.7 Å². The van der Waals surface area contributed by atoms with Gasteiger partial charge in [-0.15, -0.1) is 0 Å². The largest absolute Gasteiger partial charge is 0.369 e. The molecule has 0 spiro atoms. The predicted octanol–water partition coefficient (Wildman–Crippen LogP) is 4.60. The Bertz CT molecular complexity index is 1060. The van der Waals surface area contributed by atoms with Crippen molar-refractivity contribution >= 4 is 42.4 Å². The molecule has 0 bridgehead atoms. The van der Waals surface area contributed by atoms with Crippen LogP contribution in [0.5, 0.6) is 0 Å². The van der Waals surface area contributed by atoms with Gasteiger partial charge in [-0.2, -0.15) is 0 Å². The van der Waals surface area contributed by atoms with Crippen LogP contribution in [-0.2, 0) is 16.3 Å². The highest BCUT2D eigenvalue weighted by Gasteiger charge is 2.18. The highest BCUT2D eigenvalue weighted by molar-refractivity contribution is 6.76. The number of nitrogens with one attached hydrogen (secondary N) is 1. The third-order valence-corrected chi connectivity index (χ3v) is 7.02. The molecule has 3 N–H and O–H groups in total. The van der Waals surface area contributed by atoms with Crippen LogP contribution in [0.1, 0.15) is 6.92 Å². The van der Waals surface area contributed by atoms with Crippen LogP contribution >= 0.6 is 11.6 Å². The van der Waals surface area contributed by atoms with Crippen LogP contribution in [0.25, 0.3) is 22.2 Å². The van der Waals surface area contributed by atoms with Crippen molar-refractivity contribution in [3.05, 3.63) is 41.8 Å². The number of nitrogens with zero attached hydrogens (tertiary/aromatic N) is 3. The number of amides is 1. The van der Waals surface area contributed by atoms with Crippen molar-refractivity contribution in [3.8, 4) is 11.1 Å². The summed E-state index contributed by atoms with van der Waals surface area (Å²) in [6.45, 7) is 10.3. The van der Waals surface area contributed by atoms with Gasteiger partial charge in [0.2, 0.25) is 5.91 Å². The number of ether oxygens (including phenoxy) is 1. The van der Waals surface area contributed by atoms with Crippen LogP contribution in [0.15, 0.2) is 36.8 Å². The number of anilines is 1. The lowest BCUT2D eigenvalue weighted by Crippen LogP contribution is -2.27. The molecule has 31 heavy (non-hydrogen) atoms. The van der Waals surface area contributed by atoms with Gasteiger partial charge < -0.3 is 20.4 Å². The first-order valence-electron chi connectivity index (χ1n) is 10.4. The molecule has 2 aromatic heterocycles. The molecule has 1 aromatic carbocycles. The maximum Gasteiger partial charge on any atom is 0.222 e. The van der Waals surface area contributed by atoms with E-state index in [-0.39, 0.29) is 11.8 Å². The summed E-state index contributed by atoms with van der Waals surface area (Å²) < 4.78 is 7.96. The molecule has 0 aliphatic heterocycles. The Labute approximate surface area is 189 Å². The molecule has 9 heteroatoms. The molecule has 0 fully saturated rings. The maximum atomic E-state index is 11.4. The van der Waals surface area contributed by atoms with Gasteiger partial charge in [-0.25, -0.2) is 9.97 Å². The molecule has 3 rings (SSSR count). The topological polar surface area (TPSA) is 95.1 Å². The summed E-state index contributed by atoms with van der Waals surface area (Å²) in [5.41, 5.74) is 8.07. The molecular formula is C22H30ClN5O2Si. The lowest BCUT2D eigenvalue weighted by molar-refractivity contribution is -0.120. The highest BCUT2D eigenvalue weighted by Crippen LogP contribution is 2.35. The lowest BCUT2D eigenvalue weighted by atomic mass is 10.1. The Balaban J connectivity index is 1.97. The molecule has 1 amide bonds. The van der Waals surface area contributed by atoms with Crippen LogP contribution in [0.2, 0.25) is 30.7 Å². The van der Waals surface area contributed by atoms with E-state index in [4.69, 9.17) is 22.1 Å². The summed E-state index contributed by atoms with van der Waals surface area (Å²) in [6, 6.07) is 8.76. The Hall–Kier alpha value is -2.42. The number of hydrogen-bond acceptors (Lipinski definition) is 5. The molecule has 0 saturated heterocycles. The SMILES string of the molecule is CC(CNc1ncnc2c1c(-c1cccc(Cl)c1)cn2COCC[Si](C)(C)C)C(N)=O. The second-order valence-corrected chi connectivity index (χ2v) is 15.0. The van der Waals surface area contributed by atoms with Crippen LogP contribution < -0.4 is 11.1 Å². The number of halogens is 1. The van der Waals surface area contributed by atoms with Gasteiger partial charge in [0.15, 0.2) is 0 Å². The molecule has 1 atom stereocenters. The fourth-order valence-electron chi connectivity index (χ4n) is 3.12. The van der Waals surface area contributed by atoms with Crippen molar-refractivity contribution in [2.24, 2.45) is 11.7 Å². The molecule has 166 valence electrons. The predicted molar refractivity (Wildman–Crippen MR) is 129 cm³/mol. The number of hydrogen-bond donors (Lipinski definition) is 2. The fraction of sp³-hybridized carbons (Fsp3) is 0.409. The van der Waals surface area contributed by atoms with Crippen molar-refractivity contribution in [3.63, 3.8) is 0 Å². The van der Waals surface area contributed by atoms with Gasteiger partial charge in [0.1, 0.15) is 24.5 Å². The second-order valence-electron chi connectivity index (χ2n) is 8.98. The van der Waals surface area contributed by atoms with Gasteiger partial charge in [-0.05, 0) is 23.7 Å². The molecule has 0 aliphatic rings. The highest BCUT2D eigenvalue weighted by atomic mass is 35.5. The van der Waals surface area contributed by atoms with Crippen LogP contribution in [0, 0.1) is 5.92 Å². The van der Waals surface area contributed by atoms with E-state index >= 15 is 0 Å². The summed E-state index contributed by atoms with van der Waals surface area (Å²) in [6.07, 6.45) is 3.53. The number of carbonyl (C=O) groups excluding carboxylic acids is 1. The van der Waals surface area contributed by atoms with E-state index in [0.29, 0.717) is 30.7 Å². The first-order valence-corrected chi connectivity index (χ1v) is 14.4. The first kappa shape index (κ1) is 23.2. The molecule has 1 unspecified atom stereocenters. The number of benzene rings is 1. The average Bonchev–Trinajstić information content (AvgIpc) is 3.08. The third-order valence-electron chi connectivity index (χ3n) is 5.08. The Morgan fingerprint density at radius 1 is 1.32 bits per heavy atom. The molecule has 0 radical (unpaired) electrons. The van der Waals surface area contributed by atoms with E-state index in [1.54, 1.807) is 6.92 Å². The summed E-state index contributed by atoms with van der Waals surface area (Å²) >= 11 is 6.25. The Kier molecular flexibility index (Phi) is 7.35. The number of fused-ring (bicyclic) bond motifs is 1. The Morgan fingerprint density at radius 2 is 2.10 bits per heavy atom. The van der Waals surface area contributed by atoms with Gasteiger partial charge in [-0.1, -0.05) is 50.3 Å². The van der Waals surface area contributed by atoms with Crippen molar-refractivity contribution in [1.29, 1.82) is 0 Å². The van der Waals surface area contributed by atoms with E-state index in [1.807, 2.05) is 35.0 Å².